The van der Waals surface area contributed by atoms with Crippen LogP contribution in [0.5, 0.6) is 0 Å². The Morgan fingerprint density at radius 3 is 2.02 bits per heavy atom. The summed E-state index contributed by atoms with van der Waals surface area (Å²) in [5.74, 6) is 0.696. The third-order valence-electron chi connectivity index (χ3n) is 10.6. The van der Waals surface area contributed by atoms with E-state index in [1.54, 1.807) is 6.20 Å². The average molecular weight is 643 g/mol. The van der Waals surface area contributed by atoms with Crippen LogP contribution in [0.3, 0.4) is 0 Å². The van der Waals surface area contributed by atoms with Gasteiger partial charge in [-0.1, -0.05) is 122 Å². The number of benzene rings is 5. The van der Waals surface area contributed by atoms with Crippen molar-refractivity contribution in [3.05, 3.63) is 163 Å². The van der Waals surface area contributed by atoms with E-state index in [0.29, 0.717) is 5.82 Å². The van der Waals surface area contributed by atoms with E-state index < -0.39 is 0 Å². The third-order valence-corrected chi connectivity index (χ3v) is 10.6. The molecule has 1 spiro atoms. The van der Waals surface area contributed by atoms with Gasteiger partial charge in [0.05, 0.1) is 23.0 Å². The number of hydrogen-bond acceptors (Lipinski definition) is 4. The highest BCUT2D eigenvalue weighted by Crippen LogP contribution is 2.58. The molecule has 0 bridgehead atoms. The van der Waals surface area contributed by atoms with Gasteiger partial charge in [-0.2, -0.15) is 5.26 Å². The lowest BCUT2D eigenvalue weighted by atomic mass is 9.67. The lowest BCUT2D eigenvalue weighted by molar-refractivity contribution is 0.353. The van der Waals surface area contributed by atoms with Gasteiger partial charge in [0, 0.05) is 34.5 Å². The molecule has 0 atom stereocenters. The number of fused-ring (bicyclic) bond motifs is 5. The largest absolute Gasteiger partial charge is 0.264 e. The molecule has 1 fully saturated rings. The van der Waals surface area contributed by atoms with Crippen LogP contribution in [0.25, 0.3) is 67.3 Å². The molecule has 2 aliphatic carbocycles. The van der Waals surface area contributed by atoms with E-state index in [-0.39, 0.29) is 5.41 Å². The van der Waals surface area contributed by atoms with E-state index in [1.807, 2.05) is 36.5 Å². The van der Waals surface area contributed by atoms with Crippen LogP contribution in [-0.2, 0) is 5.41 Å². The summed E-state index contributed by atoms with van der Waals surface area (Å²) in [6.45, 7) is 0. The first-order valence-corrected chi connectivity index (χ1v) is 17.4. The zero-order valence-corrected chi connectivity index (χ0v) is 27.7. The normalized spacial score (nSPS) is 14.1. The fraction of sp³-hybridized carbons (Fsp3) is 0.130. The quantitative estimate of drug-likeness (QED) is 0.187. The van der Waals surface area contributed by atoms with Crippen LogP contribution in [0.1, 0.15) is 48.8 Å². The Bertz CT molecular complexity index is 2400. The van der Waals surface area contributed by atoms with E-state index in [0.717, 1.165) is 63.2 Å². The third kappa shape index (κ3) is 5.11. The highest BCUT2D eigenvalue weighted by atomic mass is 14.9. The zero-order valence-electron chi connectivity index (χ0n) is 27.7. The first-order valence-electron chi connectivity index (χ1n) is 17.4. The van der Waals surface area contributed by atoms with E-state index in [2.05, 4.69) is 114 Å². The minimum Gasteiger partial charge on any atom is -0.264 e. The summed E-state index contributed by atoms with van der Waals surface area (Å²) >= 11 is 0. The van der Waals surface area contributed by atoms with Crippen molar-refractivity contribution < 1.29 is 0 Å². The van der Waals surface area contributed by atoms with E-state index >= 15 is 0 Å². The monoisotopic (exact) mass is 642 g/mol. The fourth-order valence-electron chi connectivity index (χ4n) is 8.22. The summed E-state index contributed by atoms with van der Waals surface area (Å²) in [6, 6.07) is 49.2. The topological polar surface area (TPSA) is 62.5 Å². The van der Waals surface area contributed by atoms with Crippen LogP contribution in [0.4, 0.5) is 0 Å². The fourth-order valence-corrected chi connectivity index (χ4v) is 8.22. The van der Waals surface area contributed by atoms with Crippen LogP contribution in [0.15, 0.2) is 146 Å². The van der Waals surface area contributed by atoms with Crippen LogP contribution in [0, 0.1) is 11.3 Å². The summed E-state index contributed by atoms with van der Waals surface area (Å²) in [7, 11) is 0. The molecule has 50 heavy (non-hydrogen) atoms. The van der Waals surface area contributed by atoms with Gasteiger partial charge in [0.25, 0.3) is 0 Å². The predicted octanol–water partition coefficient (Wildman–Crippen LogP) is 11.3. The van der Waals surface area contributed by atoms with Crippen molar-refractivity contribution >= 4 is 0 Å². The Morgan fingerprint density at radius 1 is 0.520 bits per heavy atom. The lowest BCUT2D eigenvalue weighted by Gasteiger charge is -2.36. The Labute approximate surface area is 292 Å². The molecule has 238 valence electrons. The highest BCUT2D eigenvalue weighted by Gasteiger charge is 2.44. The minimum atomic E-state index is -0.0257. The standard InChI is InChI=1S/C46H34N4/c47-29-31-17-22-39-41(26-31)46(23-5-2-6-24-46)40-16-8-15-38(44(39)40)35-12-7-13-36(27-35)43-28-42(49-45(50-43)34-10-3-1-4-11-34)33-20-18-32(19-21-33)37-14-9-25-48-30-37/h1,3-4,7-22,25-28,30H,2,5-6,23-24H2. The lowest BCUT2D eigenvalue weighted by Crippen LogP contribution is -2.28. The van der Waals surface area contributed by atoms with Gasteiger partial charge in [-0.3, -0.25) is 4.98 Å². The number of aromatic nitrogens is 3. The molecular formula is C46H34N4. The maximum absolute atomic E-state index is 9.83. The summed E-state index contributed by atoms with van der Waals surface area (Å²) < 4.78 is 0. The molecule has 0 unspecified atom stereocenters. The van der Waals surface area contributed by atoms with Crippen molar-refractivity contribution in [1.82, 2.24) is 15.0 Å². The van der Waals surface area contributed by atoms with Crippen LogP contribution in [0.2, 0.25) is 0 Å². The Hall–Kier alpha value is -6.18. The van der Waals surface area contributed by atoms with Crippen molar-refractivity contribution in [1.29, 1.82) is 5.26 Å². The number of hydrogen-bond donors (Lipinski definition) is 0. The average Bonchev–Trinajstić information content (AvgIpc) is 3.46. The van der Waals surface area contributed by atoms with Crippen molar-refractivity contribution in [3.8, 4) is 73.4 Å². The van der Waals surface area contributed by atoms with Crippen molar-refractivity contribution in [2.45, 2.75) is 37.5 Å². The van der Waals surface area contributed by atoms with Gasteiger partial charge >= 0.3 is 0 Å². The van der Waals surface area contributed by atoms with Gasteiger partial charge in [-0.25, -0.2) is 9.97 Å². The van der Waals surface area contributed by atoms with Gasteiger partial charge in [0.15, 0.2) is 5.82 Å². The van der Waals surface area contributed by atoms with Crippen molar-refractivity contribution in [3.63, 3.8) is 0 Å². The second kappa shape index (κ2) is 12.4. The molecule has 4 nitrogen and oxygen atoms in total. The highest BCUT2D eigenvalue weighted by molar-refractivity contribution is 5.94. The molecule has 4 heteroatoms. The molecule has 0 N–H and O–H groups in total. The molecule has 2 aliphatic rings. The van der Waals surface area contributed by atoms with Gasteiger partial charge in [-0.15, -0.1) is 0 Å². The maximum Gasteiger partial charge on any atom is 0.160 e. The molecule has 1 saturated carbocycles. The molecule has 5 aromatic carbocycles. The Kier molecular flexibility index (Phi) is 7.40. The van der Waals surface area contributed by atoms with Gasteiger partial charge in [0.1, 0.15) is 0 Å². The van der Waals surface area contributed by atoms with E-state index in [4.69, 9.17) is 9.97 Å². The maximum atomic E-state index is 9.83. The first-order chi connectivity index (χ1) is 24.7. The molecule has 0 saturated heterocycles. The Balaban J connectivity index is 1.17. The molecule has 0 radical (unpaired) electrons. The molecule has 7 aromatic rings. The van der Waals surface area contributed by atoms with Crippen LogP contribution < -0.4 is 0 Å². The summed E-state index contributed by atoms with van der Waals surface area (Å²) in [5.41, 5.74) is 15.4. The van der Waals surface area contributed by atoms with Gasteiger partial charge in [-0.05, 0) is 87.7 Å². The number of nitriles is 1. The summed E-state index contributed by atoms with van der Waals surface area (Å²) in [5, 5.41) is 9.83. The second-order valence-corrected chi connectivity index (χ2v) is 13.5. The van der Waals surface area contributed by atoms with Gasteiger partial charge in [0.2, 0.25) is 0 Å². The smallest absolute Gasteiger partial charge is 0.160 e. The molecule has 9 rings (SSSR count). The molecule has 2 heterocycles. The van der Waals surface area contributed by atoms with Gasteiger partial charge < -0.3 is 0 Å². The van der Waals surface area contributed by atoms with Crippen molar-refractivity contribution in [2.75, 3.05) is 0 Å². The predicted molar refractivity (Wildman–Crippen MR) is 201 cm³/mol. The number of pyridine rings is 1. The minimum absolute atomic E-state index is 0.0257. The van der Waals surface area contributed by atoms with Crippen LogP contribution in [-0.4, -0.2) is 15.0 Å². The first kappa shape index (κ1) is 29.9. The number of rotatable bonds is 5. The molecule has 2 aromatic heterocycles. The molecule has 0 amide bonds. The van der Waals surface area contributed by atoms with Crippen molar-refractivity contribution in [2.24, 2.45) is 0 Å². The summed E-state index contributed by atoms with van der Waals surface area (Å²) in [4.78, 5) is 14.5. The summed E-state index contributed by atoms with van der Waals surface area (Å²) in [6.07, 6.45) is 9.62. The molecule has 0 aliphatic heterocycles. The Morgan fingerprint density at radius 2 is 1.24 bits per heavy atom. The van der Waals surface area contributed by atoms with E-state index in [9.17, 15) is 5.26 Å². The van der Waals surface area contributed by atoms with Crippen LogP contribution >= 0.6 is 0 Å². The molecular weight excluding hydrogens is 609 g/mol. The van der Waals surface area contributed by atoms with E-state index in [1.165, 1.54) is 47.1 Å². The SMILES string of the molecule is N#Cc1ccc2c(c1)C1(CCCCC1)c1cccc(-c3cccc(-c4cc(-c5ccc(-c6cccnc6)cc5)nc(-c5ccccc5)n4)c3)c1-2. The zero-order chi connectivity index (χ0) is 33.5. The number of nitrogens with zero attached hydrogens (tertiary/aromatic N) is 4. The second-order valence-electron chi connectivity index (χ2n) is 13.5.